The molecule has 0 atom stereocenters. The zero-order valence-electron chi connectivity index (χ0n) is 17.9. The third-order valence-corrected chi connectivity index (χ3v) is 3.85. The molecule has 8 heteroatoms. The van der Waals surface area contributed by atoms with Gasteiger partial charge in [-0.2, -0.15) is 0 Å². The van der Waals surface area contributed by atoms with Crippen molar-refractivity contribution >= 4 is 23.6 Å². The number of ether oxygens (including phenoxy) is 2. The fourth-order valence-corrected chi connectivity index (χ4v) is 2.59. The van der Waals surface area contributed by atoms with Crippen LogP contribution in [0.4, 0.5) is 21.0 Å². The van der Waals surface area contributed by atoms with Crippen LogP contribution in [0.25, 0.3) is 0 Å². The Morgan fingerprint density at radius 3 is 2.30 bits per heavy atom. The van der Waals surface area contributed by atoms with Crippen LogP contribution in [0.1, 0.15) is 40.2 Å². The number of phenols is 1. The molecular weight excluding hydrogens is 386 g/mol. The van der Waals surface area contributed by atoms with Gasteiger partial charge in [0.05, 0.1) is 5.69 Å². The highest BCUT2D eigenvalue weighted by Gasteiger charge is 2.24. The lowest BCUT2D eigenvalue weighted by molar-refractivity contribution is 0.0516. The zero-order chi connectivity index (χ0) is 22.3. The second-order valence-electron chi connectivity index (χ2n) is 7.94. The van der Waals surface area contributed by atoms with Crippen molar-refractivity contribution in [2.75, 3.05) is 10.3 Å². The number of benzene rings is 2. The molecule has 30 heavy (non-hydrogen) atoms. The minimum Gasteiger partial charge on any atom is -0.506 e. The molecule has 0 aliphatic heterocycles. The highest BCUT2D eigenvalue weighted by atomic mass is 16.6. The van der Waals surface area contributed by atoms with Gasteiger partial charge in [-0.1, -0.05) is 36.4 Å². The van der Waals surface area contributed by atoms with Crippen LogP contribution in [0.3, 0.4) is 0 Å². The summed E-state index contributed by atoms with van der Waals surface area (Å²) in [6, 6.07) is 13.7. The molecule has 162 valence electrons. The lowest BCUT2D eigenvalue weighted by atomic mass is 10.2. The Hall–Kier alpha value is -3.42. The monoisotopic (exact) mass is 415 g/mol. The molecule has 0 fully saturated rings. The van der Waals surface area contributed by atoms with Crippen LogP contribution in [0, 0.1) is 0 Å². The van der Waals surface area contributed by atoms with E-state index in [2.05, 4.69) is 10.7 Å². The van der Waals surface area contributed by atoms with Crippen molar-refractivity contribution in [3.63, 3.8) is 0 Å². The molecule has 0 bridgehead atoms. The van der Waals surface area contributed by atoms with Crippen LogP contribution in [0.5, 0.6) is 5.75 Å². The van der Waals surface area contributed by atoms with E-state index in [1.54, 1.807) is 32.9 Å². The van der Waals surface area contributed by atoms with Crippen LogP contribution in [-0.2, 0) is 16.1 Å². The Morgan fingerprint density at radius 1 is 1.03 bits per heavy atom. The lowest BCUT2D eigenvalue weighted by Gasteiger charge is -2.32. The molecule has 2 rings (SSSR count). The summed E-state index contributed by atoms with van der Waals surface area (Å²) >= 11 is 0. The minimum absolute atomic E-state index is 0.0830. The molecule has 2 aromatic carbocycles. The maximum Gasteiger partial charge on any atom is 0.426 e. The van der Waals surface area contributed by atoms with Gasteiger partial charge in [0, 0.05) is 6.04 Å². The molecule has 2 aromatic rings. The number of hydrogen-bond acceptors (Lipinski definition) is 6. The van der Waals surface area contributed by atoms with Crippen molar-refractivity contribution in [3.8, 4) is 5.75 Å². The molecule has 3 N–H and O–H groups in total. The highest BCUT2D eigenvalue weighted by Crippen LogP contribution is 2.34. The van der Waals surface area contributed by atoms with Crippen molar-refractivity contribution in [1.29, 1.82) is 0 Å². The maximum absolute atomic E-state index is 12.3. The zero-order valence-corrected chi connectivity index (χ0v) is 17.9. The average Bonchev–Trinajstić information content (AvgIpc) is 2.65. The topological polar surface area (TPSA) is 100 Å². The van der Waals surface area contributed by atoms with Gasteiger partial charge in [-0.05, 0) is 52.3 Å². The van der Waals surface area contributed by atoms with E-state index in [-0.39, 0.29) is 24.1 Å². The Morgan fingerprint density at radius 2 is 1.70 bits per heavy atom. The Balaban J connectivity index is 2.18. The summed E-state index contributed by atoms with van der Waals surface area (Å²) < 4.78 is 10.5. The van der Waals surface area contributed by atoms with Gasteiger partial charge < -0.3 is 14.6 Å². The second-order valence-corrected chi connectivity index (χ2v) is 7.94. The van der Waals surface area contributed by atoms with Gasteiger partial charge >= 0.3 is 12.2 Å². The van der Waals surface area contributed by atoms with Crippen molar-refractivity contribution in [1.82, 2.24) is 5.43 Å². The summed E-state index contributed by atoms with van der Waals surface area (Å²) in [7, 11) is 0. The molecular formula is C22H29N3O5. The minimum atomic E-state index is -0.734. The smallest absolute Gasteiger partial charge is 0.426 e. The summed E-state index contributed by atoms with van der Waals surface area (Å²) in [5.41, 5.74) is 3.31. The van der Waals surface area contributed by atoms with Crippen LogP contribution in [0.15, 0.2) is 48.5 Å². The second kappa shape index (κ2) is 9.87. The van der Waals surface area contributed by atoms with Crippen molar-refractivity contribution in [2.24, 2.45) is 0 Å². The first-order chi connectivity index (χ1) is 14.1. The quantitative estimate of drug-likeness (QED) is 0.463. The Labute approximate surface area is 176 Å². The molecule has 0 aliphatic carbocycles. The van der Waals surface area contributed by atoms with Gasteiger partial charge in [-0.15, -0.1) is 0 Å². The molecule has 0 aliphatic rings. The standard InChI is InChI=1S/C22H29N3O5/c1-15(2)25(24-21(28)30-22(3,4)5)17-12-9-13-18(26)19(17)23-20(27)29-14-16-10-7-6-8-11-16/h6-13,15,26H,14H2,1-5H3,(H,23,27)(H,24,28). The molecule has 0 saturated heterocycles. The van der Waals surface area contributed by atoms with Gasteiger partial charge in [0.2, 0.25) is 0 Å². The normalized spacial score (nSPS) is 11.0. The average molecular weight is 415 g/mol. The number of hydrazine groups is 1. The molecule has 0 heterocycles. The maximum atomic E-state index is 12.3. The van der Waals surface area contributed by atoms with Crippen molar-refractivity contribution in [3.05, 3.63) is 54.1 Å². The SMILES string of the molecule is CC(C)N(NC(=O)OC(C)(C)C)c1cccc(O)c1NC(=O)OCc1ccccc1. The fraction of sp³-hybridized carbons (Fsp3) is 0.364. The fourth-order valence-electron chi connectivity index (χ4n) is 2.59. The van der Waals surface area contributed by atoms with Crippen LogP contribution in [0.2, 0.25) is 0 Å². The number of nitrogens with one attached hydrogen (secondary N) is 2. The van der Waals surface area contributed by atoms with Gasteiger partial charge in [-0.25, -0.2) is 15.0 Å². The number of nitrogens with zero attached hydrogens (tertiary/aromatic N) is 1. The molecule has 0 unspecified atom stereocenters. The molecule has 0 radical (unpaired) electrons. The summed E-state index contributed by atoms with van der Waals surface area (Å²) in [5.74, 6) is -0.166. The number of carbonyl (C=O) groups is 2. The molecule has 2 amide bonds. The van der Waals surface area contributed by atoms with E-state index in [1.807, 2.05) is 44.2 Å². The van der Waals surface area contributed by atoms with E-state index in [1.165, 1.54) is 11.1 Å². The van der Waals surface area contributed by atoms with E-state index in [0.29, 0.717) is 5.69 Å². The number of carbonyl (C=O) groups excluding carboxylic acids is 2. The van der Waals surface area contributed by atoms with Crippen molar-refractivity contribution in [2.45, 2.75) is 52.9 Å². The summed E-state index contributed by atoms with van der Waals surface area (Å²) in [6.07, 6.45) is -1.39. The summed E-state index contributed by atoms with van der Waals surface area (Å²) in [6.45, 7) is 9.06. The van der Waals surface area contributed by atoms with E-state index in [0.717, 1.165) is 5.56 Å². The van der Waals surface area contributed by atoms with E-state index in [4.69, 9.17) is 9.47 Å². The largest absolute Gasteiger partial charge is 0.506 e. The van der Waals surface area contributed by atoms with Gasteiger partial charge in [0.15, 0.2) is 0 Å². The number of hydrogen-bond donors (Lipinski definition) is 3. The van der Waals surface area contributed by atoms with Crippen LogP contribution < -0.4 is 15.8 Å². The van der Waals surface area contributed by atoms with E-state index >= 15 is 0 Å². The first-order valence-electron chi connectivity index (χ1n) is 9.65. The number of para-hydroxylation sites is 1. The lowest BCUT2D eigenvalue weighted by Crippen LogP contribution is -2.48. The molecule has 0 aromatic heterocycles. The molecule has 8 nitrogen and oxygen atoms in total. The van der Waals surface area contributed by atoms with Gasteiger partial charge in [0.1, 0.15) is 23.6 Å². The number of rotatable bonds is 6. The first kappa shape index (κ1) is 22.9. The number of phenolic OH excluding ortho intramolecular Hbond substituents is 1. The van der Waals surface area contributed by atoms with Gasteiger partial charge in [0.25, 0.3) is 0 Å². The van der Waals surface area contributed by atoms with E-state index < -0.39 is 17.8 Å². The molecule has 0 spiro atoms. The number of aromatic hydroxyl groups is 1. The van der Waals surface area contributed by atoms with Crippen LogP contribution >= 0.6 is 0 Å². The number of amides is 2. The highest BCUT2D eigenvalue weighted by molar-refractivity contribution is 5.93. The van der Waals surface area contributed by atoms with Gasteiger partial charge in [-0.3, -0.25) is 10.3 Å². The third kappa shape index (κ3) is 6.88. The third-order valence-electron chi connectivity index (χ3n) is 3.85. The van der Waals surface area contributed by atoms with E-state index in [9.17, 15) is 14.7 Å². The Kier molecular flexibility index (Phi) is 7.52. The summed E-state index contributed by atoms with van der Waals surface area (Å²) in [4.78, 5) is 24.6. The predicted molar refractivity (Wildman–Crippen MR) is 115 cm³/mol. The Bertz CT molecular complexity index is 863. The first-order valence-corrected chi connectivity index (χ1v) is 9.65. The number of anilines is 2. The predicted octanol–water partition coefficient (Wildman–Crippen LogP) is 4.80. The summed E-state index contributed by atoms with van der Waals surface area (Å²) in [5, 5.41) is 14.4. The van der Waals surface area contributed by atoms with Crippen LogP contribution in [-0.4, -0.2) is 28.9 Å². The van der Waals surface area contributed by atoms with Crippen molar-refractivity contribution < 1.29 is 24.2 Å². The molecule has 0 saturated carbocycles.